The molecular weight excluding hydrogens is 1030 g/mol. The van der Waals surface area contributed by atoms with Crippen LogP contribution in [-0.2, 0) is 25.5 Å². The molecule has 337 valence electrons. The molecule has 0 aliphatic rings. The largest absolute Gasteiger partial charge is 0.501 e. The maximum Gasteiger partial charge on any atom is 0.168 e. The molecule has 11 aromatic rings. The van der Waals surface area contributed by atoms with Crippen molar-refractivity contribution in [2.45, 2.75) is 52.7 Å². The van der Waals surface area contributed by atoms with E-state index in [1.165, 1.54) is 33.5 Å². The molecule has 7 aromatic carbocycles. The van der Waals surface area contributed by atoms with Gasteiger partial charge in [-0.1, -0.05) is 180 Å². The van der Waals surface area contributed by atoms with E-state index in [0.717, 1.165) is 72.5 Å². The minimum Gasteiger partial charge on any atom is -0.501 e. The molecule has 0 aliphatic carbocycles. The smallest absolute Gasteiger partial charge is 0.168 e. The Labute approximate surface area is 418 Å². The molecule has 0 amide bonds. The van der Waals surface area contributed by atoms with E-state index < -0.39 is 14.9 Å². The van der Waals surface area contributed by atoms with Gasteiger partial charge in [0.15, 0.2) is 5.65 Å². The second-order valence-corrected chi connectivity index (χ2v) is 24.1. The van der Waals surface area contributed by atoms with Crippen molar-refractivity contribution in [2.75, 3.05) is 0 Å². The predicted octanol–water partition coefficient (Wildman–Crippen LogP) is 15.5. The molecule has 68 heavy (non-hydrogen) atoms. The van der Waals surface area contributed by atoms with Crippen LogP contribution in [0.4, 0.5) is 0 Å². The number of hydrogen-bond acceptors (Lipinski definition) is 4. The van der Waals surface area contributed by atoms with Gasteiger partial charge in [-0.3, -0.25) is 4.98 Å². The Bertz CT molecular complexity index is 3560. The number of imidazole rings is 1. The molecule has 4 aromatic heterocycles. The van der Waals surface area contributed by atoms with Crippen LogP contribution in [0.2, 0.25) is 19.6 Å². The molecule has 0 unspecified atom stereocenters. The Morgan fingerprint density at radius 2 is 1.26 bits per heavy atom. The molecule has 0 fully saturated rings. The summed E-state index contributed by atoms with van der Waals surface area (Å²) >= 11 is 0. The van der Waals surface area contributed by atoms with Crippen molar-refractivity contribution in [3.63, 3.8) is 0 Å². The van der Waals surface area contributed by atoms with Gasteiger partial charge in [-0.15, -0.1) is 53.6 Å². The number of benzene rings is 7. The fraction of sp³-hybridized carbons (Fsp3) is 0.131. The first-order chi connectivity index (χ1) is 33.6. The predicted molar refractivity (Wildman–Crippen MR) is 282 cm³/mol. The number of aryl methyl sites for hydroxylation is 1. The first kappa shape index (κ1) is 42.3. The molecule has 0 spiro atoms. The van der Waals surface area contributed by atoms with Crippen LogP contribution in [-0.4, -0.2) is 27.6 Å². The van der Waals surface area contributed by atoms with E-state index in [1.54, 1.807) is 12.1 Å². The number of nitrogens with zero attached hydrogens (tertiary/aromatic N) is 4. The number of hydrogen-bond donors (Lipinski definition) is 0. The molecule has 0 saturated carbocycles. The second kappa shape index (κ2) is 18.9. The zero-order chi connectivity index (χ0) is 48.8. The van der Waals surface area contributed by atoms with Crippen molar-refractivity contribution >= 4 is 46.4 Å². The number of rotatable bonds is 7. The Hall–Kier alpha value is -7.02. The molecule has 4 heterocycles. The van der Waals surface area contributed by atoms with E-state index >= 15 is 0 Å². The molecule has 0 saturated heterocycles. The van der Waals surface area contributed by atoms with E-state index in [4.69, 9.17) is 18.5 Å². The first-order valence-corrected chi connectivity index (χ1v) is 26.2. The maximum absolute atomic E-state index is 7.35. The van der Waals surface area contributed by atoms with E-state index in [2.05, 4.69) is 196 Å². The standard InChI is InChI=1S/C46H34N3O.C15H18NSi.Ir/c1-46(2,3)40-27-28-47-44-42(40)49(36-24-21-33(22-25-36)31-13-8-5-9-14-31)45(48-44)39-16-10-15-38-37-26-23-35(29-41(37)50-43(38)39)34-19-17-32(18-20-34)30-11-6-4-7-12-30;1-12-5-7-13(8-6-12)15-10-9-14(11-16-15)17(2,3)4;/h4-15,17-29H,1-3H3;5-7,9-11H,1-4H3;/q2*-1;/i;1D3;. The van der Waals surface area contributed by atoms with Crippen molar-refractivity contribution in [1.82, 2.24) is 19.5 Å². The van der Waals surface area contributed by atoms with Crippen LogP contribution in [0.1, 0.15) is 36.0 Å². The summed E-state index contributed by atoms with van der Waals surface area (Å²) in [5.41, 5.74) is 15.1. The summed E-state index contributed by atoms with van der Waals surface area (Å²) in [6, 6.07) is 66.5. The fourth-order valence-corrected chi connectivity index (χ4v) is 9.65. The van der Waals surface area contributed by atoms with Crippen LogP contribution in [0.15, 0.2) is 193 Å². The molecule has 7 heteroatoms. The van der Waals surface area contributed by atoms with Gasteiger partial charge in [0.1, 0.15) is 5.58 Å². The Balaban J connectivity index is 0.000000251. The summed E-state index contributed by atoms with van der Waals surface area (Å²) in [5.74, 6) is 0.748. The van der Waals surface area contributed by atoms with Crippen molar-refractivity contribution in [3.8, 4) is 61.7 Å². The van der Waals surface area contributed by atoms with Gasteiger partial charge in [0.05, 0.1) is 25.0 Å². The average Bonchev–Trinajstić information content (AvgIpc) is 3.95. The van der Waals surface area contributed by atoms with Crippen LogP contribution in [0.3, 0.4) is 0 Å². The third-order valence-electron chi connectivity index (χ3n) is 12.3. The number of furan rings is 1. The molecule has 0 atom stereocenters. The van der Waals surface area contributed by atoms with Gasteiger partial charge >= 0.3 is 0 Å². The average molecular weight is 1080 g/mol. The zero-order valence-electron chi connectivity index (χ0n) is 41.9. The number of fused-ring (bicyclic) bond motifs is 4. The number of pyridine rings is 2. The molecule has 0 N–H and O–H groups in total. The van der Waals surface area contributed by atoms with Crippen LogP contribution in [0.5, 0.6) is 0 Å². The van der Waals surface area contributed by atoms with E-state index in [-0.39, 0.29) is 25.5 Å². The molecule has 0 bridgehead atoms. The molecular formula is C61H52IrN4OSi-2. The summed E-state index contributed by atoms with van der Waals surface area (Å²) < 4.78 is 31.0. The van der Waals surface area contributed by atoms with E-state index in [9.17, 15) is 0 Å². The minimum absolute atomic E-state index is 0. The SMILES string of the molecule is CC(C)(C)c1ccnc2nc(-c3[c-]ccc4c3oc3cc(-c5ccc(-c6ccccc6)cc5)ccc34)n(-c3ccc(-c4ccccc4)cc3)c12.[2H]C([2H])([2H])c1c[c-]c(-c2ccc([Si](C)(C)C)cn2)cc1.[Ir]. The first-order valence-electron chi connectivity index (χ1n) is 24.2. The summed E-state index contributed by atoms with van der Waals surface area (Å²) in [4.78, 5) is 14.4. The third kappa shape index (κ3) is 9.30. The Morgan fingerprint density at radius 3 is 1.85 bits per heavy atom. The topological polar surface area (TPSA) is 56.7 Å². The molecule has 11 rings (SSSR count). The summed E-state index contributed by atoms with van der Waals surface area (Å²) in [6.45, 7) is 11.5. The van der Waals surface area contributed by atoms with E-state index in [1.807, 2.05) is 36.7 Å². The van der Waals surface area contributed by atoms with Crippen LogP contribution in [0, 0.1) is 19.0 Å². The van der Waals surface area contributed by atoms with Gasteiger partial charge in [-0.2, -0.15) is 0 Å². The van der Waals surface area contributed by atoms with Crippen molar-refractivity contribution in [2.24, 2.45) is 0 Å². The molecule has 5 nitrogen and oxygen atoms in total. The molecule has 1 radical (unpaired) electrons. The van der Waals surface area contributed by atoms with Crippen LogP contribution in [0.25, 0.3) is 94.8 Å². The van der Waals surface area contributed by atoms with Crippen molar-refractivity contribution in [1.29, 1.82) is 0 Å². The second-order valence-electron chi connectivity index (χ2n) is 19.0. The summed E-state index contributed by atoms with van der Waals surface area (Å²) in [6.07, 6.45) is 3.79. The monoisotopic (exact) mass is 1080 g/mol. The number of aromatic nitrogens is 4. The quantitative estimate of drug-likeness (QED) is 0.118. The Morgan fingerprint density at radius 1 is 0.632 bits per heavy atom. The van der Waals surface area contributed by atoms with Crippen molar-refractivity contribution < 1.29 is 28.6 Å². The molecule has 0 aliphatic heterocycles. The normalized spacial score (nSPS) is 12.5. The summed E-state index contributed by atoms with van der Waals surface area (Å²) in [5, 5.41) is 3.39. The van der Waals surface area contributed by atoms with Crippen LogP contribution >= 0.6 is 0 Å². The zero-order valence-corrected chi connectivity index (χ0v) is 42.3. The Kier molecular flexibility index (Phi) is 11.8. The van der Waals surface area contributed by atoms with Crippen LogP contribution < -0.4 is 5.19 Å². The summed E-state index contributed by atoms with van der Waals surface area (Å²) in [7, 11) is -1.34. The third-order valence-corrected chi connectivity index (χ3v) is 14.3. The fourth-order valence-electron chi connectivity index (χ4n) is 8.61. The maximum atomic E-state index is 7.35. The van der Waals surface area contributed by atoms with Gasteiger partial charge in [-0.25, -0.2) is 4.98 Å². The van der Waals surface area contributed by atoms with E-state index in [0.29, 0.717) is 11.2 Å². The van der Waals surface area contributed by atoms with Gasteiger partial charge in [0, 0.05) is 47.7 Å². The van der Waals surface area contributed by atoms with Gasteiger partial charge in [0.2, 0.25) is 0 Å². The van der Waals surface area contributed by atoms with Crippen molar-refractivity contribution in [3.05, 3.63) is 212 Å². The minimum atomic E-state index is -2.08. The van der Waals surface area contributed by atoms with Gasteiger partial charge in [0.25, 0.3) is 0 Å². The van der Waals surface area contributed by atoms with Gasteiger partial charge in [-0.05, 0) is 79.5 Å². The van der Waals surface area contributed by atoms with Gasteiger partial charge < -0.3 is 14.0 Å².